The highest BCUT2D eigenvalue weighted by Crippen LogP contribution is 2.32. The Morgan fingerprint density at radius 3 is 2.80 bits per heavy atom. The van der Waals surface area contributed by atoms with Crippen molar-refractivity contribution in [1.29, 1.82) is 0 Å². The molecule has 3 nitrogen and oxygen atoms in total. The number of ether oxygens (including phenoxy) is 1. The number of rotatable bonds is 2. The largest absolute Gasteiger partial charge is 0.381 e. The minimum atomic E-state index is 0.142. The van der Waals surface area contributed by atoms with Crippen LogP contribution in [0.1, 0.15) is 33.1 Å². The Labute approximate surface area is 90.9 Å². The maximum absolute atomic E-state index is 11.2. The van der Waals surface area contributed by atoms with Gasteiger partial charge in [-0.2, -0.15) is 0 Å². The predicted octanol–water partition coefficient (Wildman–Crippen LogP) is 1.85. The van der Waals surface area contributed by atoms with Crippen molar-refractivity contribution in [3.8, 4) is 0 Å². The summed E-state index contributed by atoms with van der Waals surface area (Å²) >= 11 is 0. The second kappa shape index (κ2) is 4.44. The van der Waals surface area contributed by atoms with Crippen LogP contribution in [0.25, 0.3) is 0 Å². The third kappa shape index (κ3) is 2.28. The molecule has 0 bridgehead atoms. The SMILES string of the molecule is CC(=O)C1=NC(C)C(C2CCOC2)CC1. The summed E-state index contributed by atoms with van der Waals surface area (Å²) < 4.78 is 5.42. The lowest BCUT2D eigenvalue weighted by Crippen LogP contribution is -2.32. The van der Waals surface area contributed by atoms with Gasteiger partial charge in [0.05, 0.1) is 11.8 Å². The molecule has 0 amide bonds. The van der Waals surface area contributed by atoms with Gasteiger partial charge < -0.3 is 4.74 Å². The Hall–Kier alpha value is -0.700. The molecule has 3 heteroatoms. The van der Waals surface area contributed by atoms with Gasteiger partial charge in [-0.05, 0) is 38.0 Å². The Morgan fingerprint density at radius 1 is 1.47 bits per heavy atom. The fourth-order valence-corrected chi connectivity index (χ4v) is 2.74. The molecule has 0 aromatic heterocycles. The van der Waals surface area contributed by atoms with Gasteiger partial charge in [0.15, 0.2) is 5.78 Å². The normalized spacial score (nSPS) is 36.4. The van der Waals surface area contributed by atoms with Crippen molar-refractivity contribution in [2.75, 3.05) is 13.2 Å². The highest BCUT2D eigenvalue weighted by Gasteiger charge is 2.32. The predicted molar refractivity (Wildman–Crippen MR) is 59.2 cm³/mol. The Kier molecular flexibility index (Phi) is 3.19. The minimum absolute atomic E-state index is 0.142. The van der Waals surface area contributed by atoms with Crippen LogP contribution in [0, 0.1) is 11.8 Å². The quantitative estimate of drug-likeness (QED) is 0.696. The molecule has 15 heavy (non-hydrogen) atoms. The average Bonchev–Trinajstić information content (AvgIpc) is 2.70. The second-order valence-corrected chi connectivity index (χ2v) is 4.70. The monoisotopic (exact) mass is 209 g/mol. The highest BCUT2D eigenvalue weighted by molar-refractivity contribution is 6.39. The first-order valence-corrected chi connectivity index (χ1v) is 5.84. The van der Waals surface area contributed by atoms with Crippen molar-refractivity contribution in [3.63, 3.8) is 0 Å². The van der Waals surface area contributed by atoms with E-state index >= 15 is 0 Å². The fraction of sp³-hybridized carbons (Fsp3) is 0.833. The standard InChI is InChI=1S/C12H19NO2/c1-8-11(10-5-6-15-7-10)3-4-12(13-8)9(2)14/h8,10-11H,3-7H2,1-2H3. The lowest BCUT2D eigenvalue weighted by Gasteiger charge is -2.30. The summed E-state index contributed by atoms with van der Waals surface area (Å²) in [6.45, 7) is 5.53. The van der Waals surface area contributed by atoms with E-state index in [0.29, 0.717) is 17.9 Å². The molecule has 1 saturated heterocycles. The lowest BCUT2D eigenvalue weighted by molar-refractivity contribution is -0.111. The smallest absolute Gasteiger partial charge is 0.173 e. The molecule has 0 N–H and O–H groups in total. The van der Waals surface area contributed by atoms with Crippen LogP contribution in [-0.4, -0.2) is 30.8 Å². The molecule has 3 atom stereocenters. The number of ketones is 1. The molecule has 84 valence electrons. The summed E-state index contributed by atoms with van der Waals surface area (Å²) in [7, 11) is 0. The van der Waals surface area contributed by atoms with E-state index in [0.717, 1.165) is 31.8 Å². The Balaban J connectivity index is 2.03. The van der Waals surface area contributed by atoms with Gasteiger partial charge in [-0.15, -0.1) is 0 Å². The number of carbonyl (C=O) groups is 1. The van der Waals surface area contributed by atoms with Crippen LogP contribution in [0.2, 0.25) is 0 Å². The van der Waals surface area contributed by atoms with Crippen LogP contribution in [0.3, 0.4) is 0 Å². The summed E-state index contributed by atoms with van der Waals surface area (Å²) in [4.78, 5) is 15.7. The van der Waals surface area contributed by atoms with Crippen molar-refractivity contribution in [1.82, 2.24) is 0 Å². The summed E-state index contributed by atoms with van der Waals surface area (Å²) in [6.07, 6.45) is 3.13. The van der Waals surface area contributed by atoms with Crippen LogP contribution in [-0.2, 0) is 9.53 Å². The van der Waals surface area contributed by atoms with E-state index in [1.165, 1.54) is 6.42 Å². The summed E-state index contributed by atoms with van der Waals surface area (Å²) in [5.74, 6) is 1.43. The van der Waals surface area contributed by atoms with Crippen LogP contribution in [0.4, 0.5) is 0 Å². The van der Waals surface area contributed by atoms with Gasteiger partial charge in [-0.25, -0.2) is 0 Å². The molecule has 1 fully saturated rings. The van der Waals surface area contributed by atoms with Gasteiger partial charge >= 0.3 is 0 Å². The molecular formula is C12H19NO2. The van der Waals surface area contributed by atoms with Gasteiger partial charge in [0.2, 0.25) is 0 Å². The van der Waals surface area contributed by atoms with Crippen molar-refractivity contribution in [2.24, 2.45) is 16.8 Å². The number of Topliss-reactive ketones (excluding diaryl/α,β-unsaturated/α-hetero) is 1. The van der Waals surface area contributed by atoms with Crippen molar-refractivity contribution in [3.05, 3.63) is 0 Å². The van der Waals surface area contributed by atoms with Crippen molar-refractivity contribution < 1.29 is 9.53 Å². The number of aliphatic imine (C=N–C) groups is 1. The molecule has 0 aliphatic carbocycles. The van der Waals surface area contributed by atoms with E-state index in [9.17, 15) is 4.79 Å². The van der Waals surface area contributed by atoms with E-state index in [1.807, 2.05) is 0 Å². The molecule has 2 aliphatic heterocycles. The second-order valence-electron chi connectivity index (χ2n) is 4.70. The van der Waals surface area contributed by atoms with Gasteiger partial charge in [-0.1, -0.05) is 0 Å². The van der Waals surface area contributed by atoms with E-state index in [-0.39, 0.29) is 5.78 Å². The van der Waals surface area contributed by atoms with Gasteiger partial charge in [-0.3, -0.25) is 9.79 Å². The van der Waals surface area contributed by atoms with E-state index in [4.69, 9.17) is 4.74 Å². The van der Waals surface area contributed by atoms with E-state index < -0.39 is 0 Å². The number of carbonyl (C=O) groups excluding carboxylic acids is 1. The Morgan fingerprint density at radius 2 is 2.27 bits per heavy atom. The zero-order valence-electron chi connectivity index (χ0n) is 9.53. The molecule has 3 unspecified atom stereocenters. The molecule has 2 heterocycles. The third-order valence-corrected chi connectivity index (χ3v) is 3.67. The topological polar surface area (TPSA) is 38.7 Å². The summed E-state index contributed by atoms with van der Waals surface area (Å²) in [5.41, 5.74) is 0.790. The first-order valence-electron chi connectivity index (χ1n) is 5.84. The van der Waals surface area contributed by atoms with E-state index in [2.05, 4.69) is 11.9 Å². The highest BCUT2D eigenvalue weighted by atomic mass is 16.5. The van der Waals surface area contributed by atoms with Gasteiger partial charge in [0.1, 0.15) is 0 Å². The first kappa shape index (κ1) is 10.8. The molecule has 2 aliphatic rings. The molecule has 0 spiro atoms. The number of hydrogen-bond donors (Lipinski definition) is 0. The third-order valence-electron chi connectivity index (χ3n) is 3.67. The zero-order valence-corrected chi connectivity index (χ0v) is 9.53. The average molecular weight is 209 g/mol. The van der Waals surface area contributed by atoms with Crippen molar-refractivity contribution in [2.45, 2.75) is 39.2 Å². The van der Waals surface area contributed by atoms with Crippen LogP contribution in [0.15, 0.2) is 4.99 Å². The maximum Gasteiger partial charge on any atom is 0.173 e. The molecule has 0 aromatic carbocycles. The molecule has 0 aromatic rings. The molecule has 0 saturated carbocycles. The van der Waals surface area contributed by atoms with Gasteiger partial charge in [0, 0.05) is 20.1 Å². The van der Waals surface area contributed by atoms with Crippen molar-refractivity contribution >= 4 is 11.5 Å². The Bertz CT molecular complexity index is 279. The maximum atomic E-state index is 11.2. The molecule has 2 rings (SSSR count). The van der Waals surface area contributed by atoms with Crippen LogP contribution >= 0.6 is 0 Å². The fourth-order valence-electron chi connectivity index (χ4n) is 2.74. The summed E-state index contributed by atoms with van der Waals surface area (Å²) in [6, 6.07) is 0.296. The molecular weight excluding hydrogens is 190 g/mol. The minimum Gasteiger partial charge on any atom is -0.381 e. The number of nitrogens with zero attached hydrogens (tertiary/aromatic N) is 1. The van der Waals surface area contributed by atoms with Crippen LogP contribution in [0.5, 0.6) is 0 Å². The summed E-state index contributed by atoms with van der Waals surface area (Å²) in [5, 5.41) is 0. The van der Waals surface area contributed by atoms with Gasteiger partial charge in [0.25, 0.3) is 0 Å². The lowest BCUT2D eigenvalue weighted by atomic mass is 9.80. The zero-order chi connectivity index (χ0) is 10.8. The first-order chi connectivity index (χ1) is 7.18. The van der Waals surface area contributed by atoms with E-state index in [1.54, 1.807) is 6.92 Å². The molecule has 0 radical (unpaired) electrons. The van der Waals surface area contributed by atoms with Crippen LogP contribution < -0.4 is 0 Å². The number of hydrogen-bond acceptors (Lipinski definition) is 3.